The predicted octanol–water partition coefficient (Wildman–Crippen LogP) is 0.993. The molecule has 112 valence electrons. The van der Waals surface area contributed by atoms with Crippen LogP contribution in [0, 0.1) is 5.92 Å². The van der Waals surface area contributed by atoms with Crippen LogP contribution >= 0.6 is 0 Å². The maximum absolute atomic E-state index is 12.7. The summed E-state index contributed by atoms with van der Waals surface area (Å²) in [7, 11) is 0. The van der Waals surface area contributed by atoms with Crippen molar-refractivity contribution in [3.05, 3.63) is 24.3 Å². The second kappa shape index (κ2) is 5.37. The molecule has 0 bridgehead atoms. The summed E-state index contributed by atoms with van der Waals surface area (Å²) in [5.41, 5.74) is 6.63. The lowest BCUT2D eigenvalue weighted by Crippen LogP contribution is -2.50. The molecule has 1 aliphatic carbocycles. The maximum Gasteiger partial charge on any atom is 0.346 e. The molecule has 3 unspecified atom stereocenters. The van der Waals surface area contributed by atoms with Crippen LogP contribution in [-0.4, -0.2) is 35.7 Å². The zero-order chi connectivity index (χ0) is 15.0. The van der Waals surface area contributed by atoms with Crippen LogP contribution < -0.4 is 15.4 Å². The molecule has 21 heavy (non-hydrogen) atoms. The van der Waals surface area contributed by atoms with Crippen molar-refractivity contribution in [1.82, 2.24) is 0 Å². The van der Waals surface area contributed by atoms with Gasteiger partial charge >= 0.3 is 5.97 Å². The monoisotopic (exact) mass is 290 g/mol. The van der Waals surface area contributed by atoms with Gasteiger partial charge in [0.05, 0.1) is 18.2 Å². The van der Waals surface area contributed by atoms with Gasteiger partial charge in [-0.25, -0.2) is 4.79 Å². The van der Waals surface area contributed by atoms with Crippen molar-refractivity contribution in [2.75, 3.05) is 11.4 Å². The van der Waals surface area contributed by atoms with E-state index in [2.05, 4.69) is 0 Å². The Hall–Kier alpha value is -2.08. The van der Waals surface area contributed by atoms with Crippen molar-refractivity contribution in [2.45, 2.75) is 31.4 Å². The van der Waals surface area contributed by atoms with Crippen molar-refractivity contribution < 1.29 is 19.4 Å². The van der Waals surface area contributed by atoms with Crippen molar-refractivity contribution in [2.24, 2.45) is 11.7 Å². The van der Waals surface area contributed by atoms with Gasteiger partial charge in [-0.05, 0) is 25.0 Å². The molecule has 1 saturated carbocycles. The van der Waals surface area contributed by atoms with Crippen LogP contribution in [-0.2, 0) is 9.59 Å². The van der Waals surface area contributed by atoms with Gasteiger partial charge in [0.2, 0.25) is 12.0 Å². The molecule has 6 heteroatoms. The molecule has 1 fully saturated rings. The molecular formula is C15H18N2O4. The average Bonchev–Trinajstić information content (AvgIpc) is 2.91. The van der Waals surface area contributed by atoms with Crippen LogP contribution in [0.2, 0.25) is 0 Å². The molecule has 1 amide bonds. The zero-order valence-electron chi connectivity index (χ0n) is 11.6. The van der Waals surface area contributed by atoms with Gasteiger partial charge in [-0.2, -0.15) is 0 Å². The second-order valence-corrected chi connectivity index (χ2v) is 5.56. The van der Waals surface area contributed by atoms with Crippen LogP contribution in [0.4, 0.5) is 5.69 Å². The van der Waals surface area contributed by atoms with Crippen molar-refractivity contribution >= 4 is 17.6 Å². The smallest absolute Gasteiger partial charge is 0.346 e. The van der Waals surface area contributed by atoms with E-state index in [1.165, 1.54) is 4.90 Å². The largest absolute Gasteiger partial charge is 0.478 e. The molecule has 0 radical (unpaired) electrons. The molecule has 6 nitrogen and oxygen atoms in total. The Labute approximate surface area is 122 Å². The first kappa shape index (κ1) is 13.9. The number of hydrogen-bond donors (Lipinski definition) is 2. The van der Waals surface area contributed by atoms with E-state index in [0.717, 1.165) is 19.3 Å². The van der Waals surface area contributed by atoms with Gasteiger partial charge in [0.25, 0.3) is 0 Å². The van der Waals surface area contributed by atoms with Crippen molar-refractivity contribution in [1.29, 1.82) is 0 Å². The fourth-order valence-corrected chi connectivity index (χ4v) is 3.07. The minimum Gasteiger partial charge on any atom is -0.478 e. The van der Waals surface area contributed by atoms with Gasteiger partial charge in [-0.3, -0.25) is 4.79 Å². The maximum atomic E-state index is 12.7. The number of carboxylic acids is 1. The Morgan fingerprint density at radius 1 is 1.29 bits per heavy atom. The third kappa shape index (κ3) is 2.47. The number of carbonyl (C=O) groups excluding carboxylic acids is 1. The highest BCUT2D eigenvalue weighted by molar-refractivity contribution is 5.98. The van der Waals surface area contributed by atoms with E-state index in [1.807, 2.05) is 0 Å². The summed E-state index contributed by atoms with van der Waals surface area (Å²) in [6.07, 6.45) is 1.50. The first-order chi connectivity index (χ1) is 10.1. The molecule has 0 spiro atoms. The first-order valence-corrected chi connectivity index (χ1v) is 7.13. The number of carbonyl (C=O) groups is 2. The number of nitrogens with two attached hydrogens (primary N) is 1. The lowest BCUT2D eigenvalue weighted by molar-refractivity contribution is -0.145. The normalized spacial score (nSPS) is 27.9. The van der Waals surface area contributed by atoms with E-state index in [9.17, 15) is 14.7 Å². The highest BCUT2D eigenvalue weighted by atomic mass is 16.5. The van der Waals surface area contributed by atoms with Crippen LogP contribution in [0.3, 0.4) is 0 Å². The number of nitrogens with zero attached hydrogens (tertiary/aromatic N) is 1. The fraction of sp³-hybridized carbons (Fsp3) is 0.467. The van der Waals surface area contributed by atoms with E-state index in [4.69, 9.17) is 10.5 Å². The molecule has 1 heterocycles. The number of rotatable bonds is 2. The minimum absolute atomic E-state index is 0.0222. The summed E-state index contributed by atoms with van der Waals surface area (Å²) in [6.45, 7) is 0.0222. The minimum atomic E-state index is -1.07. The molecule has 1 aromatic rings. The van der Waals surface area contributed by atoms with Crippen molar-refractivity contribution in [3.8, 4) is 5.75 Å². The Morgan fingerprint density at radius 2 is 2.05 bits per heavy atom. The summed E-state index contributed by atoms with van der Waals surface area (Å²) in [6, 6.07) is 6.87. The molecule has 1 aliphatic heterocycles. The number of aliphatic carboxylic acids is 1. The fourth-order valence-electron chi connectivity index (χ4n) is 3.07. The quantitative estimate of drug-likeness (QED) is 0.847. The van der Waals surface area contributed by atoms with Gasteiger partial charge in [0.1, 0.15) is 5.75 Å². The van der Waals surface area contributed by atoms with Gasteiger partial charge in [-0.15, -0.1) is 0 Å². The topological polar surface area (TPSA) is 92.9 Å². The molecule has 3 N–H and O–H groups in total. The third-order valence-electron chi connectivity index (χ3n) is 4.20. The summed E-state index contributed by atoms with van der Waals surface area (Å²) >= 11 is 0. The summed E-state index contributed by atoms with van der Waals surface area (Å²) in [4.78, 5) is 25.5. The number of hydrogen-bond acceptors (Lipinski definition) is 4. The first-order valence-electron chi connectivity index (χ1n) is 7.13. The van der Waals surface area contributed by atoms with Crippen LogP contribution in [0.1, 0.15) is 19.3 Å². The summed E-state index contributed by atoms with van der Waals surface area (Å²) in [5, 5.41) is 9.19. The Morgan fingerprint density at radius 3 is 2.71 bits per heavy atom. The molecule has 3 atom stereocenters. The highest BCUT2D eigenvalue weighted by Gasteiger charge is 2.39. The lowest BCUT2D eigenvalue weighted by Gasteiger charge is -2.35. The van der Waals surface area contributed by atoms with Gasteiger partial charge in [-0.1, -0.05) is 18.6 Å². The van der Waals surface area contributed by atoms with E-state index in [-0.39, 0.29) is 24.4 Å². The number of anilines is 1. The molecule has 2 aliphatic rings. The van der Waals surface area contributed by atoms with Gasteiger partial charge in [0, 0.05) is 6.04 Å². The summed E-state index contributed by atoms with van der Waals surface area (Å²) in [5.74, 6) is -0.971. The number of fused-ring (bicyclic) bond motifs is 1. The van der Waals surface area contributed by atoms with Gasteiger partial charge in [0.15, 0.2) is 0 Å². The Balaban J connectivity index is 1.92. The van der Waals surface area contributed by atoms with E-state index >= 15 is 0 Å². The Kier molecular flexibility index (Phi) is 3.55. The van der Waals surface area contributed by atoms with Crippen LogP contribution in [0.15, 0.2) is 24.3 Å². The zero-order valence-corrected chi connectivity index (χ0v) is 11.6. The Bertz CT molecular complexity index is 575. The number of benzene rings is 1. The van der Waals surface area contributed by atoms with Crippen molar-refractivity contribution in [3.63, 3.8) is 0 Å². The SMILES string of the molecule is NC1CCCC1C(=O)N1CC(C(=O)O)Oc2ccccc21. The standard InChI is InChI=1S/C15H18N2O4/c16-10-5-3-4-9(10)14(18)17-8-13(15(19)20)21-12-7-2-1-6-11(12)17/h1-2,6-7,9-10,13H,3-5,8,16H2,(H,19,20). The third-order valence-corrected chi connectivity index (χ3v) is 4.20. The average molecular weight is 290 g/mol. The second-order valence-electron chi connectivity index (χ2n) is 5.56. The lowest BCUT2D eigenvalue weighted by atomic mass is 10.0. The molecular weight excluding hydrogens is 272 g/mol. The van der Waals surface area contributed by atoms with Crippen LogP contribution in [0.25, 0.3) is 0 Å². The number of ether oxygens (including phenoxy) is 1. The van der Waals surface area contributed by atoms with Gasteiger partial charge < -0.3 is 20.5 Å². The molecule has 3 rings (SSSR count). The predicted molar refractivity (Wildman–Crippen MR) is 76.2 cm³/mol. The molecule has 0 saturated heterocycles. The molecule has 1 aromatic carbocycles. The van der Waals surface area contributed by atoms with E-state index in [1.54, 1.807) is 24.3 Å². The number of para-hydroxylation sites is 2. The summed E-state index contributed by atoms with van der Waals surface area (Å²) < 4.78 is 5.44. The molecule has 0 aromatic heterocycles. The number of amides is 1. The van der Waals surface area contributed by atoms with Crippen LogP contribution in [0.5, 0.6) is 5.75 Å². The van der Waals surface area contributed by atoms with E-state index in [0.29, 0.717) is 11.4 Å². The number of carboxylic acid groups (broad SMARTS) is 1. The van der Waals surface area contributed by atoms with E-state index < -0.39 is 12.1 Å². The highest BCUT2D eigenvalue weighted by Crippen LogP contribution is 2.36.